The third-order valence-electron chi connectivity index (χ3n) is 9.81. The van der Waals surface area contributed by atoms with Crippen molar-refractivity contribution in [1.29, 1.82) is 0 Å². The second-order valence-electron chi connectivity index (χ2n) is 12.3. The molecule has 4 heterocycles. The zero-order chi connectivity index (χ0) is 29.9. The number of amides is 1. The summed E-state index contributed by atoms with van der Waals surface area (Å²) in [7, 11) is -1.61. The molecule has 0 saturated carbocycles. The number of fused-ring (bicyclic) bond motifs is 3. The molecule has 0 unspecified atom stereocenters. The van der Waals surface area contributed by atoms with Crippen LogP contribution >= 0.6 is 11.6 Å². The molecule has 0 radical (unpaired) electrons. The molecular weight excluding hydrogens is 587 g/mol. The highest BCUT2D eigenvalue weighted by Crippen LogP contribution is 2.46. The highest BCUT2D eigenvalue weighted by Gasteiger charge is 2.44. The summed E-state index contributed by atoms with van der Waals surface area (Å²) >= 11 is 6.24. The molecule has 7 rings (SSSR count). The molecular formula is C33H36ClFN4O3S. The maximum absolute atomic E-state index is 14.1. The van der Waals surface area contributed by atoms with Crippen LogP contribution in [0.1, 0.15) is 53.1 Å². The van der Waals surface area contributed by atoms with Crippen LogP contribution in [-0.4, -0.2) is 75.4 Å². The zero-order valence-corrected chi connectivity index (χ0v) is 25.8. The predicted octanol–water partition coefficient (Wildman–Crippen LogP) is 5.53. The van der Waals surface area contributed by atoms with E-state index in [2.05, 4.69) is 29.0 Å². The maximum atomic E-state index is 14.1. The second-order valence-corrected chi connectivity index (χ2v) is 14.7. The normalized spacial score (nSPS) is 22.7. The lowest BCUT2D eigenvalue weighted by Gasteiger charge is -2.44. The number of carbonyl (C=O) groups excluding carboxylic acids is 1. The summed E-state index contributed by atoms with van der Waals surface area (Å²) < 4.78 is 43.4. The first-order valence-electron chi connectivity index (χ1n) is 15.2. The molecule has 226 valence electrons. The first-order valence-corrected chi connectivity index (χ1v) is 17.0. The van der Waals surface area contributed by atoms with Gasteiger partial charge in [0, 0.05) is 51.9 Å². The van der Waals surface area contributed by atoms with Crippen LogP contribution in [0.5, 0.6) is 0 Å². The molecule has 7 nitrogen and oxygen atoms in total. The average Bonchev–Trinajstić information content (AvgIpc) is 3.52. The quantitative estimate of drug-likeness (QED) is 0.374. The van der Waals surface area contributed by atoms with E-state index in [-0.39, 0.29) is 23.0 Å². The molecule has 3 fully saturated rings. The van der Waals surface area contributed by atoms with Gasteiger partial charge in [-0.3, -0.25) is 4.79 Å². The molecule has 1 amide bonds. The van der Waals surface area contributed by atoms with Crippen LogP contribution in [0.3, 0.4) is 0 Å². The Labute approximate surface area is 257 Å². The minimum atomic E-state index is -3.67. The Morgan fingerprint density at radius 3 is 2.28 bits per heavy atom. The number of piperazine rings is 1. The summed E-state index contributed by atoms with van der Waals surface area (Å²) in [6, 6.07) is 18.1. The number of carbonyl (C=O) groups is 1. The van der Waals surface area contributed by atoms with Crippen LogP contribution < -0.4 is 9.80 Å². The number of likely N-dealkylation sites (tertiary alicyclic amines) is 1. The molecule has 2 bridgehead atoms. The summed E-state index contributed by atoms with van der Waals surface area (Å²) in [6.07, 6.45) is 4.24. The topological polar surface area (TPSA) is 64.2 Å². The first-order chi connectivity index (χ1) is 20.7. The molecule has 0 aromatic heterocycles. The van der Waals surface area contributed by atoms with Crippen molar-refractivity contribution in [3.63, 3.8) is 0 Å². The number of anilines is 2. The van der Waals surface area contributed by atoms with Crippen molar-refractivity contribution in [3.8, 4) is 0 Å². The third-order valence-corrected chi connectivity index (χ3v) is 12.0. The third kappa shape index (κ3) is 5.09. The Kier molecular flexibility index (Phi) is 7.38. The zero-order valence-electron chi connectivity index (χ0n) is 24.3. The van der Waals surface area contributed by atoms with E-state index >= 15 is 0 Å². The summed E-state index contributed by atoms with van der Waals surface area (Å²) in [4.78, 5) is 20.2. The minimum Gasteiger partial charge on any atom is -0.372 e. The van der Waals surface area contributed by atoms with E-state index in [9.17, 15) is 17.6 Å². The first kappa shape index (κ1) is 28.6. The van der Waals surface area contributed by atoms with Gasteiger partial charge in [-0.05, 0) is 79.5 Å². The molecule has 4 aliphatic heterocycles. The van der Waals surface area contributed by atoms with Gasteiger partial charge in [-0.2, -0.15) is 4.31 Å². The SMILES string of the molecule is CN1CCc2cc(S(=O)(=O)N3CCC(c4ccccc4)CC3)cc(N3[C@@H]4CC[C@H]3CN(C(=O)c3ccc(F)cc3Cl)C4)c21. The number of benzene rings is 3. The lowest BCUT2D eigenvalue weighted by atomic mass is 9.90. The van der Waals surface area contributed by atoms with Crippen molar-refractivity contribution in [2.45, 2.75) is 55.0 Å². The van der Waals surface area contributed by atoms with E-state index < -0.39 is 15.8 Å². The number of hydrogen-bond acceptors (Lipinski definition) is 5. The van der Waals surface area contributed by atoms with Gasteiger partial charge in [0.15, 0.2) is 0 Å². The molecule has 0 spiro atoms. The van der Waals surface area contributed by atoms with Gasteiger partial charge in [0.2, 0.25) is 10.0 Å². The lowest BCUT2D eigenvalue weighted by Crippen LogP contribution is -2.55. The van der Waals surface area contributed by atoms with E-state index in [1.165, 1.54) is 23.8 Å². The van der Waals surface area contributed by atoms with Crippen LogP contribution in [0.2, 0.25) is 5.02 Å². The van der Waals surface area contributed by atoms with Crippen molar-refractivity contribution in [1.82, 2.24) is 9.21 Å². The van der Waals surface area contributed by atoms with Gasteiger partial charge in [0.25, 0.3) is 5.91 Å². The number of nitrogens with zero attached hydrogens (tertiary/aromatic N) is 4. The van der Waals surface area contributed by atoms with Crippen molar-refractivity contribution >= 4 is 38.9 Å². The van der Waals surface area contributed by atoms with E-state index in [1.807, 2.05) is 35.2 Å². The molecule has 0 aliphatic carbocycles. The Morgan fingerprint density at radius 1 is 0.907 bits per heavy atom. The molecule has 4 aliphatic rings. The highest BCUT2D eigenvalue weighted by molar-refractivity contribution is 7.89. The van der Waals surface area contributed by atoms with Gasteiger partial charge in [0.05, 0.1) is 26.9 Å². The standard InChI is InChI=1S/C33H36ClFN4O3S/c1-36-14-11-24-17-28(43(41,42)38-15-12-23(13-16-38)22-5-3-2-4-6-22)19-31(32(24)36)39-26-8-9-27(39)21-37(20-26)33(40)29-10-7-25(35)18-30(29)34/h2-7,10,17-19,23,26-27H,8-9,11-16,20-21H2,1H3/t26-,27+. The van der Waals surface area contributed by atoms with Crippen molar-refractivity contribution in [3.05, 3.63) is 88.2 Å². The predicted molar refractivity (Wildman–Crippen MR) is 167 cm³/mol. The Bertz CT molecular complexity index is 1650. The van der Waals surface area contributed by atoms with Crippen LogP contribution in [0.25, 0.3) is 0 Å². The van der Waals surface area contributed by atoms with Crippen LogP contribution in [-0.2, 0) is 16.4 Å². The molecule has 3 aromatic carbocycles. The summed E-state index contributed by atoms with van der Waals surface area (Å²) in [5.74, 6) is -0.296. The van der Waals surface area contributed by atoms with Crippen molar-refractivity contribution in [2.24, 2.45) is 0 Å². The Balaban J connectivity index is 1.16. The number of halogens is 2. The largest absolute Gasteiger partial charge is 0.372 e. The van der Waals surface area contributed by atoms with Gasteiger partial charge in [-0.15, -0.1) is 0 Å². The fraction of sp³-hybridized carbons (Fsp3) is 0.424. The van der Waals surface area contributed by atoms with Crippen molar-refractivity contribution < 1.29 is 17.6 Å². The molecule has 3 aromatic rings. The van der Waals surface area contributed by atoms with E-state index in [0.717, 1.165) is 55.6 Å². The number of likely N-dealkylation sites (N-methyl/N-ethyl adjacent to an activating group) is 1. The van der Waals surface area contributed by atoms with E-state index in [0.29, 0.717) is 42.6 Å². The number of piperidine rings is 1. The lowest BCUT2D eigenvalue weighted by molar-refractivity contribution is 0.0718. The van der Waals surface area contributed by atoms with Crippen LogP contribution in [0, 0.1) is 5.82 Å². The van der Waals surface area contributed by atoms with E-state index in [1.54, 1.807) is 4.31 Å². The smallest absolute Gasteiger partial charge is 0.255 e. The highest BCUT2D eigenvalue weighted by atomic mass is 35.5. The number of rotatable bonds is 5. The summed E-state index contributed by atoms with van der Waals surface area (Å²) in [5.41, 5.74) is 4.70. The summed E-state index contributed by atoms with van der Waals surface area (Å²) in [5, 5.41) is 0.116. The Hall–Kier alpha value is -3.14. The van der Waals surface area contributed by atoms with Gasteiger partial charge < -0.3 is 14.7 Å². The summed E-state index contributed by atoms with van der Waals surface area (Å²) in [6.45, 7) is 2.86. The minimum absolute atomic E-state index is 0.0552. The van der Waals surface area contributed by atoms with Crippen molar-refractivity contribution in [2.75, 3.05) is 49.6 Å². The van der Waals surface area contributed by atoms with E-state index in [4.69, 9.17) is 11.6 Å². The van der Waals surface area contributed by atoms with Gasteiger partial charge in [-0.25, -0.2) is 12.8 Å². The van der Waals surface area contributed by atoms with Gasteiger partial charge >= 0.3 is 0 Å². The second kappa shape index (κ2) is 11.1. The molecule has 3 saturated heterocycles. The monoisotopic (exact) mass is 622 g/mol. The molecule has 43 heavy (non-hydrogen) atoms. The van der Waals surface area contributed by atoms with Crippen LogP contribution in [0.15, 0.2) is 65.6 Å². The fourth-order valence-electron chi connectivity index (χ4n) is 7.63. The molecule has 0 N–H and O–H groups in total. The fourth-order valence-corrected chi connectivity index (χ4v) is 9.41. The maximum Gasteiger partial charge on any atom is 0.255 e. The number of hydrogen-bond donors (Lipinski definition) is 0. The Morgan fingerprint density at radius 2 is 1.60 bits per heavy atom. The number of sulfonamides is 1. The van der Waals surface area contributed by atoms with Gasteiger partial charge in [-0.1, -0.05) is 41.9 Å². The average molecular weight is 623 g/mol. The van der Waals surface area contributed by atoms with Gasteiger partial charge in [0.1, 0.15) is 5.82 Å². The van der Waals surface area contributed by atoms with Crippen LogP contribution in [0.4, 0.5) is 15.8 Å². The molecule has 2 atom stereocenters. The molecule has 10 heteroatoms.